The third-order valence-corrected chi connectivity index (χ3v) is 3.56. The van der Waals surface area contributed by atoms with Crippen molar-refractivity contribution in [3.8, 4) is 11.5 Å². The minimum absolute atomic E-state index is 0. The molecule has 2 N–H and O–H groups in total. The number of nitrogens with one attached hydrogen (secondary N) is 2. The molecule has 0 saturated heterocycles. The number of methoxy groups -OCH3 is 1. The Morgan fingerprint density at radius 3 is 2.50 bits per heavy atom. The maximum Gasteiger partial charge on any atom is 0.387 e. The largest absolute Gasteiger partial charge is 0.493 e. The summed E-state index contributed by atoms with van der Waals surface area (Å²) in [6, 6.07) is 11.0. The summed E-state index contributed by atoms with van der Waals surface area (Å²) >= 11 is 0. The van der Waals surface area contributed by atoms with Gasteiger partial charge in [-0.1, -0.05) is 18.2 Å². The molecular formula is C19H23F3IN3O2. The van der Waals surface area contributed by atoms with Gasteiger partial charge >= 0.3 is 6.61 Å². The van der Waals surface area contributed by atoms with E-state index < -0.39 is 6.61 Å². The third-order valence-electron chi connectivity index (χ3n) is 3.56. The number of benzene rings is 2. The van der Waals surface area contributed by atoms with Crippen LogP contribution in [-0.2, 0) is 13.1 Å². The van der Waals surface area contributed by atoms with Crippen LogP contribution in [-0.4, -0.2) is 26.2 Å². The zero-order valence-corrected chi connectivity index (χ0v) is 17.9. The molecule has 28 heavy (non-hydrogen) atoms. The number of rotatable bonds is 8. The van der Waals surface area contributed by atoms with E-state index in [0.717, 1.165) is 5.56 Å². The van der Waals surface area contributed by atoms with Gasteiger partial charge in [-0.25, -0.2) is 9.38 Å². The van der Waals surface area contributed by atoms with Gasteiger partial charge in [0.2, 0.25) is 0 Å². The Labute approximate surface area is 179 Å². The fraction of sp³-hybridized carbons (Fsp3) is 0.316. The molecule has 0 aliphatic heterocycles. The first-order valence-corrected chi connectivity index (χ1v) is 8.40. The highest BCUT2D eigenvalue weighted by Crippen LogP contribution is 2.29. The number of ether oxygens (including phenoxy) is 2. The predicted octanol–water partition coefficient (Wildman–Crippen LogP) is 4.31. The summed E-state index contributed by atoms with van der Waals surface area (Å²) in [5.41, 5.74) is 1.45. The molecule has 154 valence electrons. The van der Waals surface area contributed by atoms with Gasteiger partial charge in [-0.3, -0.25) is 0 Å². The maximum absolute atomic E-state index is 13.2. The number of aliphatic imine (C=N–C) groups is 1. The number of hydrogen-bond donors (Lipinski definition) is 2. The van der Waals surface area contributed by atoms with Crippen LogP contribution < -0.4 is 20.1 Å². The van der Waals surface area contributed by atoms with Crippen molar-refractivity contribution < 1.29 is 22.6 Å². The van der Waals surface area contributed by atoms with Crippen molar-refractivity contribution in [2.24, 2.45) is 4.99 Å². The Morgan fingerprint density at radius 2 is 1.86 bits per heavy atom. The molecule has 0 aromatic heterocycles. The Balaban J connectivity index is 0.00000392. The van der Waals surface area contributed by atoms with E-state index in [9.17, 15) is 13.2 Å². The average Bonchev–Trinajstić information content (AvgIpc) is 2.64. The lowest BCUT2D eigenvalue weighted by Gasteiger charge is -2.14. The molecule has 2 aromatic rings. The summed E-state index contributed by atoms with van der Waals surface area (Å²) < 4.78 is 47.8. The summed E-state index contributed by atoms with van der Waals surface area (Å²) in [4.78, 5) is 4.40. The molecule has 0 unspecified atom stereocenters. The lowest BCUT2D eigenvalue weighted by atomic mass is 10.2. The molecule has 0 aliphatic carbocycles. The molecule has 5 nitrogen and oxygen atoms in total. The fourth-order valence-electron chi connectivity index (χ4n) is 2.35. The van der Waals surface area contributed by atoms with Crippen LogP contribution in [0.25, 0.3) is 0 Å². The zero-order chi connectivity index (χ0) is 19.6. The van der Waals surface area contributed by atoms with Crippen LogP contribution in [0.15, 0.2) is 47.5 Å². The molecule has 2 rings (SSSR count). The molecule has 0 fully saturated rings. The van der Waals surface area contributed by atoms with Gasteiger partial charge in [0.25, 0.3) is 0 Å². The van der Waals surface area contributed by atoms with Crippen LogP contribution in [0.3, 0.4) is 0 Å². The molecule has 0 aliphatic rings. The normalized spacial score (nSPS) is 11.0. The summed E-state index contributed by atoms with van der Waals surface area (Å²) in [5.74, 6) is 0.401. The highest BCUT2D eigenvalue weighted by Gasteiger charge is 2.11. The van der Waals surface area contributed by atoms with Crippen molar-refractivity contribution in [3.63, 3.8) is 0 Å². The van der Waals surface area contributed by atoms with Gasteiger partial charge in [0.15, 0.2) is 17.5 Å². The van der Waals surface area contributed by atoms with E-state index >= 15 is 0 Å². The topological polar surface area (TPSA) is 54.9 Å². The molecule has 9 heteroatoms. The molecule has 0 atom stereocenters. The second-order valence-corrected chi connectivity index (χ2v) is 5.54. The number of nitrogens with zero attached hydrogens (tertiary/aromatic N) is 1. The highest BCUT2D eigenvalue weighted by molar-refractivity contribution is 14.0. The Bertz CT molecular complexity index is 776. The van der Waals surface area contributed by atoms with Crippen LogP contribution in [0.5, 0.6) is 11.5 Å². The second kappa shape index (κ2) is 12.3. The van der Waals surface area contributed by atoms with E-state index in [0.29, 0.717) is 31.2 Å². The van der Waals surface area contributed by atoms with Crippen LogP contribution in [0, 0.1) is 5.82 Å². The molecule has 0 spiro atoms. The van der Waals surface area contributed by atoms with E-state index in [1.165, 1.54) is 25.3 Å². The molecular weight excluding hydrogens is 486 g/mol. The molecule has 2 aromatic carbocycles. The van der Waals surface area contributed by atoms with E-state index in [1.54, 1.807) is 24.3 Å². The first-order chi connectivity index (χ1) is 13.0. The third kappa shape index (κ3) is 7.83. The van der Waals surface area contributed by atoms with E-state index in [4.69, 9.17) is 4.74 Å². The van der Waals surface area contributed by atoms with Gasteiger partial charge in [0.05, 0.1) is 13.7 Å². The summed E-state index contributed by atoms with van der Waals surface area (Å²) in [6.07, 6.45) is 0. The van der Waals surface area contributed by atoms with Crippen molar-refractivity contribution in [3.05, 3.63) is 59.4 Å². The van der Waals surface area contributed by atoms with Crippen molar-refractivity contribution in [1.29, 1.82) is 0 Å². The van der Waals surface area contributed by atoms with Crippen LogP contribution in [0.1, 0.15) is 18.1 Å². The van der Waals surface area contributed by atoms with Crippen molar-refractivity contribution in [2.75, 3.05) is 13.7 Å². The van der Waals surface area contributed by atoms with Gasteiger partial charge in [-0.15, -0.1) is 24.0 Å². The minimum atomic E-state index is -2.94. The van der Waals surface area contributed by atoms with Crippen LogP contribution >= 0.6 is 24.0 Å². The van der Waals surface area contributed by atoms with Crippen molar-refractivity contribution in [1.82, 2.24) is 10.6 Å². The number of alkyl halides is 2. The fourth-order valence-corrected chi connectivity index (χ4v) is 2.35. The standard InChI is InChI=1S/C19H22F3N3O2.HI/c1-3-23-19(24-11-13-5-4-6-15(20)9-13)25-12-14-7-8-16(26-2)17(10-14)27-18(21)22;/h4-10,18H,3,11-12H2,1-2H3,(H2,23,24,25);1H. The molecule has 0 bridgehead atoms. The number of guanidine groups is 1. The van der Waals surface area contributed by atoms with Gasteiger partial charge in [0.1, 0.15) is 5.82 Å². The molecule has 0 saturated carbocycles. The minimum Gasteiger partial charge on any atom is -0.493 e. The van der Waals surface area contributed by atoms with Crippen molar-refractivity contribution >= 4 is 29.9 Å². The summed E-state index contributed by atoms with van der Waals surface area (Å²) in [6.45, 7) is 0.249. The first-order valence-electron chi connectivity index (χ1n) is 8.40. The first kappa shape index (κ1) is 23.9. The quantitative estimate of drug-likeness (QED) is 0.317. The summed E-state index contributed by atoms with van der Waals surface area (Å²) in [5, 5.41) is 6.18. The van der Waals surface area contributed by atoms with Gasteiger partial charge in [-0.05, 0) is 42.3 Å². The monoisotopic (exact) mass is 509 g/mol. The maximum atomic E-state index is 13.2. The lowest BCUT2D eigenvalue weighted by molar-refractivity contribution is -0.0512. The van der Waals surface area contributed by atoms with Crippen LogP contribution in [0.2, 0.25) is 0 Å². The van der Waals surface area contributed by atoms with Gasteiger partial charge in [-0.2, -0.15) is 8.78 Å². The van der Waals surface area contributed by atoms with E-state index in [-0.39, 0.29) is 41.3 Å². The van der Waals surface area contributed by atoms with E-state index in [1.807, 2.05) is 6.92 Å². The second-order valence-electron chi connectivity index (χ2n) is 5.54. The van der Waals surface area contributed by atoms with Crippen LogP contribution in [0.4, 0.5) is 13.2 Å². The Morgan fingerprint density at radius 1 is 1.07 bits per heavy atom. The van der Waals surface area contributed by atoms with Gasteiger partial charge in [0, 0.05) is 13.1 Å². The lowest BCUT2D eigenvalue weighted by Crippen LogP contribution is -2.36. The molecule has 0 heterocycles. The predicted molar refractivity (Wildman–Crippen MR) is 113 cm³/mol. The zero-order valence-electron chi connectivity index (χ0n) is 15.5. The summed E-state index contributed by atoms with van der Waals surface area (Å²) in [7, 11) is 1.38. The van der Waals surface area contributed by atoms with E-state index in [2.05, 4.69) is 20.4 Å². The van der Waals surface area contributed by atoms with Crippen molar-refractivity contribution in [2.45, 2.75) is 26.6 Å². The number of halogens is 4. The molecule has 0 amide bonds. The SMILES string of the molecule is CCNC(=NCc1cccc(F)c1)NCc1ccc(OC)c(OC(F)F)c1.I. The Hall–Kier alpha value is -2.17. The molecule has 0 radical (unpaired) electrons. The Kier molecular flexibility index (Phi) is 10.5. The van der Waals surface area contributed by atoms with Gasteiger partial charge < -0.3 is 20.1 Å². The average molecular weight is 509 g/mol. The number of hydrogen-bond acceptors (Lipinski definition) is 3. The highest BCUT2D eigenvalue weighted by atomic mass is 127. The smallest absolute Gasteiger partial charge is 0.387 e.